The van der Waals surface area contributed by atoms with E-state index in [4.69, 9.17) is 10.2 Å². The smallest absolute Gasteiger partial charge is 0.320 e. The van der Waals surface area contributed by atoms with Crippen molar-refractivity contribution in [1.29, 1.82) is 0 Å². The van der Waals surface area contributed by atoms with Crippen LogP contribution in [0, 0.1) is 0 Å². The molecule has 3 atom stereocenters. The summed E-state index contributed by atoms with van der Waals surface area (Å²) in [5.41, 5.74) is 0. The lowest BCUT2D eigenvalue weighted by Crippen LogP contribution is -2.60. The monoisotopic (exact) mass is 157 g/mol. The summed E-state index contributed by atoms with van der Waals surface area (Å²) >= 11 is 0. The summed E-state index contributed by atoms with van der Waals surface area (Å²) in [6.45, 7) is 3.40. The molecule has 1 saturated heterocycles. The normalized spacial score (nSPS) is 32.1. The number of aliphatic carboxylic acids is 1. The Labute approximate surface area is 64.5 Å². The Bertz CT molecular complexity index is 175. The molecule has 0 aromatic rings. The minimum Gasteiger partial charge on any atom is -0.480 e. The number of carbonyl (C=O) groups is 1. The van der Waals surface area contributed by atoms with E-state index in [9.17, 15) is 4.79 Å². The van der Waals surface area contributed by atoms with Crippen molar-refractivity contribution in [2.75, 3.05) is 0 Å². The van der Waals surface area contributed by atoms with Crippen LogP contribution in [0.5, 0.6) is 0 Å². The fourth-order valence-corrected chi connectivity index (χ4v) is 1.06. The first-order valence-corrected chi connectivity index (χ1v) is 3.44. The van der Waals surface area contributed by atoms with Crippen LogP contribution in [0.4, 0.5) is 0 Å². The van der Waals surface area contributed by atoms with Crippen LogP contribution in [0.2, 0.25) is 0 Å². The van der Waals surface area contributed by atoms with Crippen LogP contribution in [0.15, 0.2) is 12.7 Å². The highest BCUT2D eigenvalue weighted by atomic mass is 16.4. The van der Waals surface area contributed by atoms with Crippen molar-refractivity contribution < 1.29 is 15.0 Å². The Morgan fingerprint density at radius 3 is 2.73 bits per heavy atom. The lowest BCUT2D eigenvalue weighted by molar-refractivity contribution is -0.143. The van der Waals surface area contributed by atoms with E-state index < -0.39 is 18.1 Å². The molecule has 1 fully saturated rings. The lowest BCUT2D eigenvalue weighted by Gasteiger charge is -2.36. The van der Waals surface area contributed by atoms with Crippen molar-refractivity contribution in [3.63, 3.8) is 0 Å². The number of nitrogens with one attached hydrogen (secondary N) is 1. The zero-order valence-electron chi connectivity index (χ0n) is 6.03. The van der Waals surface area contributed by atoms with Crippen molar-refractivity contribution >= 4 is 5.97 Å². The van der Waals surface area contributed by atoms with Crippen LogP contribution in [-0.4, -0.2) is 34.4 Å². The van der Waals surface area contributed by atoms with Gasteiger partial charge in [-0.1, -0.05) is 6.08 Å². The fourth-order valence-electron chi connectivity index (χ4n) is 1.06. The van der Waals surface area contributed by atoms with Gasteiger partial charge in [0, 0.05) is 6.04 Å². The van der Waals surface area contributed by atoms with Gasteiger partial charge in [0.2, 0.25) is 0 Å². The van der Waals surface area contributed by atoms with Crippen molar-refractivity contribution in [1.82, 2.24) is 5.32 Å². The maximum atomic E-state index is 10.3. The fraction of sp³-hybridized carbons (Fsp3) is 0.571. The number of rotatable bonds is 3. The van der Waals surface area contributed by atoms with Crippen LogP contribution in [0.1, 0.15) is 6.42 Å². The Morgan fingerprint density at radius 1 is 1.82 bits per heavy atom. The van der Waals surface area contributed by atoms with Crippen LogP contribution < -0.4 is 5.32 Å². The van der Waals surface area contributed by atoms with Crippen molar-refractivity contribution in [3.8, 4) is 0 Å². The van der Waals surface area contributed by atoms with Crippen LogP contribution in [0.25, 0.3) is 0 Å². The van der Waals surface area contributed by atoms with Gasteiger partial charge in [0.1, 0.15) is 6.04 Å². The molecule has 3 N–H and O–H groups in total. The van der Waals surface area contributed by atoms with E-state index in [1.54, 1.807) is 0 Å². The van der Waals surface area contributed by atoms with Crippen LogP contribution in [-0.2, 0) is 4.79 Å². The maximum absolute atomic E-state index is 10.3. The van der Waals surface area contributed by atoms with Gasteiger partial charge in [0.25, 0.3) is 0 Å². The molecular formula is C7H11NO3. The van der Waals surface area contributed by atoms with Gasteiger partial charge in [-0.05, 0) is 6.42 Å². The summed E-state index contributed by atoms with van der Waals surface area (Å²) in [4.78, 5) is 10.3. The Kier molecular flexibility index (Phi) is 2.26. The minimum atomic E-state index is -0.863. The second-order valence-corrected chi connectivity index (χ2v) is 2.63. The number of aliphatic hydroxyl groups excluding tert-OH is 1. The third-order valence-corrected chi connectivity index (χ3v) is 1.86. The molecule has 62 valence electrons. The van der Waals surface area contributed by atoms with E-state index in [1.165, 1.54) is 6.08 Å². The third kappa shape index (κ3) is 1.58. The SMILES string of the molecule is C=CC(O)C1CC(C(=O)O)N1. The molecule has 0 radical (unpaired) electrons. The summed E-state index contributed by atoms with van der Waals surface area (Å²) in [6.07, 6.45) is 1.24. The molecular weight excluding hydrogens is 146 g/mol. The van der Waals surface area contributed by atoms with Crippen molar-refractivity contribution in [3.05, 3.63) is 12.7 Å². The summed E-state index contributed by atoms with van der Waals surface area (Å²) < 4.78 is 0. The second-order valence-electron chi connectivity index (χ2n) is 2.63. The highest BCUT2D eigenvalue weighted by molar-refractivity contribution is 5.74. The van der Waals surface area contributed by atoms with Crippen LogP contribution in [0.3, 0.4) is 0 Å². The third-order valence-electron chi connectivity index (χ3n) is 1.86. The first-order chi connectivity index (χ1) is 5.15. The van der Waals surface area contributed by atoms with Gasteiger partial charge >= 0.3 is 5.97 Å². The van der Waals surface area contributed by atoms with Gasteiger partial charge in [-0.15, -0.1) is 6.58 Å². The number of hydrogen-bond donors (Lipinski definition) is 3. The molecule has 4 heteroatoms. The number of carboxylic acids is 1. The summed E-state index contributed by atoms with van der Waals surface area (Å²) in [5, 5.41) is 20.2. The van der Waals surface area contributed by atoms with E-state index >= 15 is 0 Å². The van der Waals surface area contributed by atoms with Crippen molar-refractivity contribution in [2.24, 2.45) is 0 Å². The van der Waals surface area contributed by atoms with Gasteiger partial charge in [-0.2, -0.15) is 0 Å². The van der Waals surface area contributed by atoms with E-state index in [0.717, 1.165) is 0 Å². The Hall–Kier alpha value is -0.870. The van der Waals surface area contributed by atoms with E-state index in [0.29, 0.717) is 6.42 Å². The average Bonchev–Trinajstić information content (AvgIpc) is 1.83. The van der Waals surface area contributed by atoms with Gasteiger partial charge in [-0.3, -0.25) is 10.1 Å². The molecule has 0 saturated carbocycles. The highest BCUT2D eigenvalue weighted by Gasteiger charge is 2.36. The number of aliphatic hydroxyl groups is 1. The molecule has 0 aromatic carbocycles. The lowest BCUT2D eigenvalue weighted by atomic mass is 9.93. The van der Waals surface area contributed by atoms with E-state index in [1.807, 2.05) is 0 Å². The Morgan fingerprint density at radius 2 is 2.36 bits per heavy atom. The molecule has 0 aliphatic carbocycles. The molecule has 1 rings (SSSR count). The maximum Gasteiger partial charge on any atom is 0.320 e. The van der Waals surface area contributed by atoms with Gasteiger partial charge in [0.05, 0.1) is 6.10 Å². The van der Waals surface area contributed by atoms with Crippen LogP contribution >= 0.6 is 0 Å². The molecule has 0 aromatic heterocycles. The molecule has 0 amide bonds. The number of carboxylic acid groups (broad SMARTS) is 1. The second kappa shape index (κ2) is 3.02. The van der Waals surface area contributed by atoms with E-state index in [-0.39, 0.29) is 6.04 Å². The molecule has 0 bridgehead atoms. The highest BCUT2D eigenvalue weighted by Crippen LogP contribution is 2.15. The first kappa shape index (κ1) is 8.23. The van der Waals surface area contributed by atoms with E-state index in [2.05, 4.69) is 11.9 Å². The molecule has 1 aliphatic heterocycles. The summed E-state index contributed by atoms with van der Waals surface area (Å²) in [6, 6.07) is -0.622. The summed E-state index contributed by atoms with van der Waals surface area (Å²) in [5.74, 6) is -0.863. The Balaban J connectivity index is 2.29. The quantitative estimate of drug-likeness (QED) is 0.476. The molecule has 1 aliphatic rings. The topological polar surface area (TPSA) is 69.6 Å². The van der Waals surface area contributed by atoms with Gasteiger partial charge < -0.3 is 10.2 Å². The minimum absolute atomic E-state index is 0.131. The molecule has 1 heterocycles. The summed E-state index contributed by atoms with van der Waals surface area (Å²) in [7, 11) is 0. The standard InChI is InChI=1S/C7H11NO3/c1-2-6(9)4-3-5(8-4)7(10)11/h2,4-6,8-9H,1,3H2,(H,10,11). The predicted molar refractivity (Wildman–Crippen MR) is 39.2 cm³/mol. The van der Waals surface area contributed by atoms with Gasteiger partial charge in [0.15, 0.2) is 0 Å². The zero-order chi connectivity index (χ0) is 8.43. The largest absolute Gasteiger partial charge is 0.480 e. The molecule has 3 unspecified atom stereocenters. The van der Waals surface area contributed by atoms with Crippen molar-refractivity contribution in [2.45, 2.75) is 24.6 Å². The van der Waals surface area contributed by atoms with Gasteiger partial charge in [-0.25, -0.2) is 0 Å². The first-order valence-electron chi connectivity index (χ1n) is 3.44. The zero-order valence-corrected chi connectivity index (χ0v) is 6.03. The average molecular weight is 157 g/mol. The number of hydrogen-bond acceptors (Lipinski definition) is 3. The predicted octanol–water partition coefficient (Wildman–Crippen LogP) is -0.652. The molecule has 11 heavy (non-hydrogen) atoms. The molecule has 4 nitrogen and oxygen atoms in total. The molecule has 0 spiro atoms.